The highest BCUT2D eigenvalue weighted by Gasteiger charge is 2.26. The minimum atomic E-state index is -3.62. The van der Waals surface area contributed by atoms with Gasteiger partial charge in [-0.25, -0.2) is 18.1 Å². The highest BCUT2D eigenvalue weighted by atomic mass is 32.2. The molecular formula is C16H19N3O4S. The fourth-order valence-electron chi connectivity index (χ4n) is 3.30. The molecule has 2 aliphatic heterocycles. The van der Waals surface area contributed by atoms with Gasteiger partial charge in [-0.1, -0.05) is 0 Å². The van der Waals surface area contributed by atoms with E-state index in [2.05, 4.69) is 14.3 Å². The van der Waals surface area contributed by atoms with E-state index in [9.17, 15) is 8.42 Å². The number of rotatable bonds is 4. The van der Waals surface area contributed by atoms with Crippen LogP contribution in [0.5, 0.6) is 11.5 Å². The number of fused-ring (bicyclic) bond motifs is 2. The van der Waals surface area contributed by atoms with Gasteiger partial charge in [-0.05, 0) is 31.4 Å². The number of hydrogen-bond donors (Lipinski definition) is 1. The zero-order chi connectivity index (χ0) is 16.7. The van der Waals surface area contributed by atoms with Crippen LogP contribution in [0.3, 0.4) is 0 Å². The van der Waals surface area contributed by atoms with E-state index in [1.807, 2.05) is 6.20 Å². The predicted octanol–water partition coefficient (Wildman–Crippen LogP) is 1.78. The molecule has 24 heavy (non-hydrogen) atoms. The summed E-state index contributed by atoms with van der Waals surface area (Å²) < 4.78 is 40.8. The van der Waals surface area contributed by atoms with Gasteiger partial charge in [-0.15, -0.1) is 0 Å². The van der Waals surface area contributed by atoms with Gasteiger partial charge in [0.05, 0.1) is 4.90 Å². The second-order valence-electron chi connectivity index (χ2n) is 6.14. The molecule has 1 aromatic heterocycles. The normalized spacial score (nSPS) is 19.3. The van der Waals surface area contributed by atoms with Crippen LogP contribution in [-0.2, 0) is 16.6 Å². The van der Waals surface area contributed by atoms with E-state index in [4.69, 9.17) is 9.47 Å². The van der Waals surface area contributed by atoms with E-state index in [-0.39, 0.29) is 17.6 Å². The van der Waals surface area contributed by atoms with E-state index >= 15 is 0 Å². The third-order valence-corrected chi connectivity index (χ3v) is 6.11. The first-order valence-electron chi connectivity index (χ1n) is 7.95. The highest BCUT2D eigenvalue weighted by Crippen LogP contribution is 2.36. The lowest BCUT2D eigenvalue weighted by Crippen LogP contribution is -2.31. The second kappa shape index (κ2) is 5.78. The van der Waals surface area contributed by atoms with E-state index in [1.54, 1.807) is 19.2 Å². The van der Waals surface area contributed by atoms with Crippen molar-refractivity contribution in [3.05, 3.63) is 35.9 Å². The van der Waals surface area contributed by atoms with Crippen LogP contribution in [0.15, 0.2) is 29.4 Å². The molecule has 128 valence electrons. The Balaban J connectivity index is 1.55. The largest absolute Gasteiger partial charge is 0.454 e. The lowest BCUT2D eigenvalue weighted by molar-refractivity contribution is 0.174. The Hall–Kier alpha value is -2.06. The van der Waals surface area contributed by atoms with Crippen molar-refractivity contribution in [3.63, 3.8) is 0 Å². The number of nitrogens with one attached hydrogen (secondary N) is 1. The molecule has 7 nitrogen and oxygen atoms in total. The van der Waals surface area contributed by atoms with Gasteiger partial charge in [0, 0.05) is 37.5 Å². The standard InChI is InChI=1S/C16H19N3O4S/c1-11-7-13-14(23-10-22-13)8-15(11)24(20,21)18-9-12-3-2-5-19-6-4-17-16(12)19/h4,6-8,12,18H,2-3,5,9-10H2,1H3. The Labute approximate surface area is 140 Å². The molecule has 0 saturated heterocycles. The third kappa shape index (κ3) is 2.65. The monoisotopic (exact) mass is 349 g/mol. The van der Waals surface area contributed by atoms with Gasteiger partial charge in [0.1, 0.15) is 5.82 Å². The molecule has 1 N–H and O–H groups in total. The Bertz CT molecular complexity index is 875. The minimum Gasteiger partial charge on any atom is -0.454 e. The topological polar surface area (TPSA) is 82.5 Å². The maximum atomic E-state index is 12.7. The van der Waals surface area contributed by atoms with Crippen molar-refractivity contribution < 1.29 is 17.9 Å². The van der Waals surface area contributed by atoms with Crippen molar-refractivity contribution in [2.24, 2.45) is 0 Å². The minimum absolute atomic E-state index is 0.0952. The van der Waals surface area contributed by atoms with E-state index in [0.29, 0.717) is 23.6 Å². The zero-order valence-corrected chi connectivity index (χ0v) is 14.2. The van der Waals surface area contributed by atoms with Crippen LogP contribution in [0.25, 0.3) is 0 Å². The van der Waals surface area contributed by atoms with E-state index < -0.39 is 10.0 Å². The van der Waals surface area contributed by atoms with Crippen LogP contribution in [0, 0.1) is 6.92 Å². The molecule has 1 unspecified atom stereocenters. The van der Waals surface area contributed by atoms with Crippen LogP contribution in [0.4, 0.5) is 0 Å². The van der Waals surface area contributed by atoms with Gasteiger partial charge in [0.15, 0.2) is 11.5 Å². The van der Waals surface area contributed by atoms with Crippen LogP contribution in [0.1, 0.15) is 30.1 Å². The molecule has 0 amide bonds. The summed E-state index contributed by atoms with van der Waals surface area (Å²) >= 11 is 0. The van der Waals surface area contributed by atoms with Crippen molar-refractivity contribution in [2.45, 2.75) is 37.1 Å². The summed E-state index contributed by atoms with van der Waals surface area (Å²) in [5.74, 6) is 2.10. The molecule has 0 bridgehead atoms. The average molecular weight is 349 g/mol. The molecule has 3 heterocycles. The number of sulfonamides is 1. The van der Waals surface area contributed by atoms with E-state index in [1.165, 1.54) is 6.07 Å². The molecule has 1 atom stereocenters. The van der Waals surface area contributed by atoms with E-state index in [0.717, 1.165) is 25.2 Å². The fourth-order valence-corrected chi connectivity index (χ4v) is 4.62. The SMILES string of the molecule is Cc1cc2c(cc1S(=O)(=O)NCC1CCCn3ccnc31)OCO2. The Morgan fingerprint density at radius 2 is 2.12 bits per heavy atom. The van der Waals surface area contributed by atoms with Crippen molar-refractivity contribution in [1.82, 2.24) is 14.3 Å². The fraction of sp³-hybridized carbons (Fsp3) is 0.438. The lowest BCUT2D eigenvalue weighted by atomic mass is 9.99. The quantitative estimate of drug-likeness (QED) is 0.910. The van der Waals surface area contributed by atoms with Crippen LogP contribution >= 0.6 is 0 Å². The number of nitrogens with zero attached hydrogens (tertiary/aromatic N) is 2. The molecule has 0 spiro atoms. The average Bonchev–Trinajstić information content (AvgIpc) is 3.20. The van der Waals surface area contributed by atoms with Crippen molar-refractivity contribution >= 4 is 10.0 Å². The van der Waals surface area contributed by atoms with Crippen molar-refractivity contribution in [3.8, 4) is 11.5 Å². The maximum Gasteiger partial charge on any atom is 0.240 e. The summed E-state index contributed by atoms with van der Waals surface area (Å²) in [5.41, 5.74) is 0.636. The predicted molar refractivity (Wildman–Crippen MR) is 86.7 cm³/mol. The smallest absolute Gasteiger partial charge is 0.240 e. The van der Waals surface area contributed by atoms with Gasteiger partial charge in [-0.3, -0.25) is 0 Å². The molecule has 4 rings (SSSR count). The van der Waals surface area contributed by atoms with Crippen LogP contribution in [0.2, 0.25) is 0 Å². The first-order valence-corrected chi connectivity index (χ1v) is 9.44. The molecule has 0 radical (unpaired) electrons. The molecule has 0 aliphatic carbocycles. The third-order valence-electron chi connectivity index (χ3n) is 4.54. The second-order valence-corrected chi connectivity index (χ2v) is 7.88. The Morgan fingerprint density at radius 1 is 1.33 bits per heavy atom. The summed E-state index contributed by atoms with van der Waals surface area (Å²) in [5, 5.41) is 0. The molecular weight excluding hydrogens is 330 g/mol. The number of ether oxygens (including phenoxy) is 2. The maximum absolute atomic E-state index is 12.7. The number of imidazole rings is 1. The molecule has 0 fully saturated rings. The first kappa shape index (κ1) is 15.5. The van der Waals surface area contributed by atoms with Crippen LogP contribution in [-0.4, -0.2) is 31.3 Å². The summed E-state index contributed by atoms with van der Waals surface area (Å²) in [6.07, 6.45) is 5.67. The van der Waals surface area contributed by atoms with Crippen molar-refractivity contribution in [2.75, 3.05) is 13.3 Å². The molecule has 8 heteroatoms. The molecule has 2 aromatic rings. The lowest BCUT2D eigenvalue weighted by Gasteiger charge is -2.23. The Morgan fingerprint density at radius 3 is 2.96 bits per heavy atom. The highest BCUT2D eigenvalue weighted by molar-refractivity contribution is 7.89. The summed E-state index contributed by atoms with van der Waals surface area (Å²) in [6.45, 7) is 3.16. The zero-order valence-electron chi connectivity index (χ0n) is 13.4. The van der Waals surface area contributed by atoms with Gasteiger partial charge in [0.25, 0.3) is 0 Å². The first-order chi connectivity index (χ1) is 11.5. The number of aryl methyl sites for hydroxylation is 2. The summed E-state index contributed by atoms with van der Waals surface area (Å²) in [6, 6.07) is 3.23. The van der Waals surface area contributed by atoms with Crippen molar-refractivity contribution in [1.29, 1.82) is 0 Å². The molecule has 0 saturated carbocycles. The summed E-state index contributed by atoms with van der Waals surface area (Å²) in [4.78, 5) is 4.60. The summed E-state index contributed by atoms with van der Waals surface area (Å²) in [7, 11) is -3.62. The number of hydrogen-bond acceptors (Lipinski definition) is 5. The van der Waals surface area contributed by atoms with Gasteiger partial charge in [-0.2, -0.15) is 0 Å². The number of aromatic nitrogens is 2. The van der Waals surface area contributed by atoms with Gasteiger partial charge >= 0.3 is 0 Å². The Kier molecular flexibility index (Phi) is 3.73. The molecule has 1 aromatic carbocycles. The van der Waals surface area contributed by atoms with Crippen LogP contribution < -0.4 is 14.2 Å². The number of benzene rings is 1. The van der Waals surface area contributed by atoms with Gasteiger partial charge in [0.2, 0.25) is 16.8 Å². The van der Waals surface area contributed by atoms with Gasteiger partial charge < -0.3 is 14.0 Å². The molecule has 2 aliphatic rings.